The Morgan fingerprint density at radius 1 is 1.05 bits per heavy atom. The van der Waals surface area contributed by atoms with Crippen LogP contribution in [0.4, 0.5) is 4.39 Å². The van der Waals surface area contributed by atoms with Crippen molar-refractivity contribution >= 4 is 16.8 Å². The number of rotatable bonds is 2. The van der Waals surface area contributed by atoms with E-state index in [2.05, 4.69) is 9.97 Å². The molecule has 3 aromatic rings. The van der Waals surface area contributed by atoms with Gasteiger partial charge in [0.25, 0.3) is 0 Å². The van der Waals surface area contributed by atoms with Gasteiger partial charge >= 0.3 is 0 Å². The molecular weight excluding hydrogens is 259 g/mol. The molecule has 0 radical (unpaired) electrons. The fourth-order valence-corrected chi connectivity index (χ4v) is 1.96. The molecule has 98 valence electrons. The van der Waals surface area contributed by atoms with Crippen molar-refractivity contribution in [2.75, 3.05) is 0 Å². The summed E-state index contributed by atoms with van der Waals surface area (Å²) >= 11 is 0. The Morgan fingerprint density at radius 3 is 2.60 bits per heavy atom. The first kappa shape index (κ1) is 12.2. The minimum absolute atomic E-state index is 0.173. The summed E-state index contributed by atoms with van der Waals surface area (Å²) in [6, 6.07) is 8.70. The molecule has 0 aliphatic rings. The van der Waals surface area contributed by atoms with Crippen LogP contribution in [0.2, 0.25) is 0 Å². The number of hydrogen-bond acceptors (Lipinski definition) is 4. The summed E-state index contributed by atoms with van der Waals surface area (Å²) in [5, 5.41) is 9.32. The average molecular weight is 268 g/mol. The van der Waals surface area contributed by atoms with Gasteiger partial charge in [-0.1, -0.05) is 6.07 Å². The van der Waals surface area contributed by atoms with E-state index in [1.165, 1.54) is 24.4 Å². The maximum atomic E-state index is 13.8. The van der Waals surface area contributed by atoms with Gasteiger partial charge < -0.3 is 5.11 Å². The molecule has 3 rings (SSSR count). The minimum atomic E-state index is -0.920. The van der Waals surface area contributed by atoms with Crippen LogP contribution in [-0.2, 0) is 0 Å². The van der Waals surface area contributed by atoms with Gasteiger partial charge in [0, 0.05) is 18.0 Å². The standard InChI is InChI=1S/C15H9FN2O2/c16-14-10(2-1-3-13(14)19)15(20)9-4-5-11-12(8-9)18-7-6-17-11/h1-8,19H. The topological polar surface area (TPSA) is 63.1 Å². The largest absolute Gasteiger partial charge is 0.505 e. The van der Waals surface area contributed by atoms with E-state index >= 15 is 0 Å². The molecule has 0 spiro atoms. The molecule has 2 aromatic carbocycles. The van der Waals surface area contributed by atoms with Crippen LogP contribution in [-0.4, -0.2) is 20.9 Å². The lowest BCUT2D eigenvalue weighted by Gasteiger charge is -2.05. The van der Waals surface area contributed by atoms with Crippen LogP contribution >= 0.6 is 0 Å². The van der Waals surface area contributed by atoms with Crippen molar-refractivity contribution in [1.82, 2.24) is 9.97 Å². The molecule has 1 N–H and O–H groups in total. The Kier molecular flexibility index (Phi) is 2.87. The summed E-state index contributed by atoms with van der Waals surface area (Å²) in [5.41, 5.74) is 1.33. The van der Waals surface area contributed by atoms with Crippen LogP contribution in [0.3, 0.4) is 0 Å². The molecule has 0 saturated carbocycles. The van der Waals surface area contributed by atoms with Gasteiger partial charge in [0.15, 0.2) is 17.3 Å². The third kappa shape index (κ3) is 1.99. The second-order valence-electron chi connectivity index (χ2n) is 4.23. The van der Waals surface area contributed by atoms with E-state index in [9.17, 15) is 14.3 Å². The van der Waals surface area contributed by atoms with Crippen molar-refractivity contribution in [3.63, 3.8) is 0 Å². The van der Waals surface area contributed by atoms with E-state index in [1.54, 1.807) is 24.4 Å². The SMILES string of the molecule is O=C(c1ccc2nccnc2c1)c1cccc(O)c1F. The highest BCUT2D eigenvalue weighted by molar-refractivity contribution is 6.10. The summed E-state index contributed by atoms with van der Waals surface area (Å²) in [6.45, 7) is 0. The summed E-state index contributed by atoms with van der Waals surface area (Å²) in [5.74, 6) is -1.97. The normalized spacial score (nSPS) is 10.7. The first-order valence-electron chi connectivity index (χ1n) is 5.90. The number of nitrogens with zero attached hydrogens (tertiary/aromatic N) is 2. The van der Waals surface area contributed by atoms with Gasteiger partial charge in [-0.15, -0.1) is 0 Å². The fraction of sp³-hybridized carbons (Fsp3) is 0. The Morgan fingerprint density at radius 2 is 1.80 bits per heavy atom. The van der Waals surface area contributed by atoms with E-state index < -0.39 is 17.3 Å². The van der Waals surface area contributed by atoms with E-state index in [0.717, 1.165) is 0 Å². The van der Waals surface area contributed by atoms with Crippen LogP contribution in [0.5, 0.6) is 5.75 Å². The quantitative estimate of drug-likeness (QED) is 0.726. The fourth-order valence-electron chi connectivity index (χ4n) is 1.96. The molecule has 5 heteroatoms. The summed E-state index contributed by atoms with van der Waals surface area (Å²) < 4.78 is 13.8. The predicted molar refractivity (Wildman–Crippen MR) is 71.0 cm³/mol. The zero-order valence-corrected chi connectivity index (χ0v) is 10.2. The first-order valence-corrected chi connectivity index (χ1v) is 5.90. The monoisotopic (exact) mass is 268 g/mol. The lowest BCUT2D eigenvalue weighted by molar-refractivity contribution is 0.103. The Hall–Kier alpha value is -2.82. The molecular formula is C15H9FN2O2. The molecule has 0 fully saturated rings. The maximum Gasteiger partial charge on any atom is 0.196 e. The number of carbonyl (C=O) groups is 1. The van der Waals surface area contributed by atoms with E-state index in [-0.39, 0.29) is 5.56 Å². The molecule has 0 bridgehead atoms. The molecule has 1 aromatic heterocycles. The number of halogens is 1. The number of phenols is 1. The van der Waals surface area contributed by atoms with E-state index in [0.29, 0.717) is 16.6 Å². The van der Waals surface area contributed by atoms with Crippen LogP contribution in [0.1, 0.15) is 15.9 Å². The highest BCUT2D eigenvalue weighted by Crippen LogP contribution is 2.22. The number of phenolic OH excluding ortho intramolecular Hbond substituents is 1. The second kappa shape index (κ2) is 4.70. The lowest BCUT2D eigenvalue weighted by Crippen LogP contribution is -2.04. The van der Waals surface area contributed by atoms with E-state index in [1.807, 2.05) is 0 Å². The molecule has 1 heterocycles. The Labute approximate surface area is 113 Å². The summed E-state index contributed by atoms with van der Waals surface area (Å²) in [7, 11) is 0. The zero-order valence-electron chi connectivity index (χ0n) is 10.2. The van der Waals surface area contributed by atoms with Crippen molar-refractivity contribution in [3.8, 4) is 5.75 Å². The van der Waals surface area contributed by atoms with Gasteiger partial charge in [-0.05, 0) is 30.3 Å². The number of fused-ring (bicyclic) bond motifs is 1. The number of carbonyl (C=O) groups excluding carboxylic acids is 1. The van der Waals surface area contributed by atoms with Crippen molar-refractivity contribution in [2.45, 2.75) is 0 Å². The van der Waals surface area contributed by atoms with Crippen molar-refractivity contribution in [2.24, 2.45) is 0 Å². The van der Waals surface area contributed by atoms with Gasteiger partial charge in [0.2, 0.25) is 0 Å². The molecule has 0 saturated heterocycles. The maximum absolute atomic E-state index is 13.8. The second-order valence-corrected chi connectivity index (χ2v) is 4.23. The highest BCUT2D eigenvalue weighted by Gasteiger charge is 2.16. The van der Waals surface area contributed by atoms with Crippen molar-refractivity contribution < 1.29 is 14.3 Å². The lowest BCUT2D eigenvalue weighted by atomic mass is 10.0. The summed E-state index contributed by atoms with van der Waals surface area (Å²) in [6.07, 6.45) is 3.07. The van der Waals surface area contributed by atoms with Gasteiger partial charge in [-0.3, -0.25) is 14.8 Å². The van der Waals surface area contributed by atoms with Gasteiger partial charge in [0.1, 0.15) is 0 Å². The Balaban J connectivity index is 2.10. The number of hydrogen-bond donors (Lipinski definition) is 1. The van der Waals surface area contributed by atoms with E-state index in [4.69, 9.17) is 0 Å². The number of aromatic nitrogens is 2. The van der Waals surface area contributed by atoms with Crippen LogP contribution in [0.25, 0.3) is 11.0 Å². The van der Waals surface area contributed by atoms with Gasteiger partial charge in [0.05, 0.1) is 16.6 Å². The third-order valence-electron chi connectivity index (χ3n) is 2.95. The number of benzene rings is 2. The highest BCUT2D eigenvalue weighted by atomic mass is 19.1. The first-order chi connectivity index (χ1) is 9.66. The van der Waals surface area contributed by atoms with Gasteiger partial charge in [-0.2, -0.15) is 0 Å². The van der Waals surface area contributed by atoms with Crippen LogP contribution < -0.4 is 0 Å². The Bertz CT molecular complexity index is 818. The third-order valence-corrected chi connectivity index (χ3v) is 2.95. The molecule has 0 aliphatic heterocycles. The molecule has 0 aliphatic carbocycles. The minimum Gasteiger partial charge on any atom is -0.505 e. The molecule has 4 nitrogen and oxygen atoms in total. The molecule has 0 atom stereocenters. The average Bonchev–Trinajstić information content (AvgIpc) is 2.49. The molecule has 20 heavy (non-hydrogen) atoms. The zero-order chi connectivity index (χ0) is 14.1. The summed E-state index contributed by atoms with van der Waals surface area (Å²) in [4.78, 5) is 20.5. The number of ketones is 1. The van der Waals surface area contributed by atoms with Crippen LogP contribution in [0.15, 0.2) is 48.8 Å². The smallest absolute Gasteiger partial charge is 0.196 e. The van der Waals surface area contributed by atoms with Gasteiger partial charge in [-0.25, -0.2) is 4.39 Å². The van der Waals surface area contributed by atoms with Crippen LogP contribution in [0, 0.1) is 5.82 Å². The number of aromatic hydroxyl groups is 1. The molecule has 0 amide bonds. The molecule has 0 unspecified atom stereocenters. The predicted octanol–water partition coefficient (Wildman–Crippen LogP) is 2.71. The van der Waals surface area contributed by atoms with Crippen molar-refractivity contribution in [3.05, 3.63) is 65.7 Å². The van der Waals surface area contributed by atoms with Crippen molar-refractivity contribution in [1.29, 1.82) is 0 Å².